The first-order chi connectivity index (χ1) is 9.31. The lowest BCUT2D eigenvalue weighted by atomic mass is 10.1. The number of halogens is 1. The lowest BCUT2D eigenvalue weighted by molar-refractivity contribution is -0.121. The van der Waals surface area contributed by atoms with E-state index in [1.807, 2.05) is 42.8 Å². The van der Waals surface area contributed by atoms with Gasteiger partial charge in [0.15, 0.2) is 0 Å². The summed E-state index contributed by atoms with van der Waals surface area (Å²) >= 11 is 1.55. The zero-order valence-corrected chi connectivity index (χ0v) is 12.8. The summed E-state index contributed by atoms with van der Waals surface area (Å²) in [5.41, 5.74) is 1.05. The average Bonchev–Trinajstić information content (AvgIpc) is 2.97. The maximum atomic E-state index is 11.9. The van der Waals surface area contributed by atoms with Crippen LogP contribution < -0.4 is 10.6 Å². The highest BCUT2D eigenvalue weighted by atomic mass is 35.5. The third-order valence-corrected chi connectivity index (χ3v) is 3.58. The van der Waals surface area contributed by atoms with Crippen LogP contribution in [0.25, 0.3) is 0 Å². The number of carbonyl (C=O) groups excluding carboxylic acids is 1. The highest BCUT2D eigenvalue weighted by molar-refractivity contribution is 7.09. The van der Waals surface area contributed by atoms with Gasteiger partial charge in [0.05, 0.1) is 0 Å². The quantitative estimate of drug-likeness (QED) is 0.861. The third kappa shape index (κ3) is 4.59. The van der Waals surface area contributed by atoms with Gasteiger partial charge in [0.2, 0.25) is 5.91 Å². The fraction of sp³-hybridized carbons (Fsp3) is 0.286. The molecule has 2 rings (SSSR count). The van der Waals surface area contributed by atoms with Crippen LogP contribution >= 0.6 is 23.7 Å². The molecule has 1 aromatic heterocycles. The Morgan fingerprint density at radius 3 is 2.70 bits per heavy atom. The van der Waals surface area contributed by atoms with Crippen LogP contribution in [-0.4, -0.2) is 24.5 Å². The summed E-state index contributed by atoms with van der Waals surface area (Å²) in [5, 5.41) is 8.84. The topological polar surface area (TPSA) is 54.0 Å². The molecule has 0 saturated carbocycles. The van der Waals surface area contributed by atoms with Gasteiger partial charge in [-0.25, -0.2) is 4.98 Å². The van der Waals surface area contributed by atoms with Gasteiger partial charge in [-0.05, 0) is 12.6 Å². The van der Waals surface area contributed by atoms with Crippen molar-refractivity contribution >= 4 is 29.7 Å². The van der Waals surface area contributed by atoms with Gasteiger partial charge in [0.1, 0.15) is 11.0 Å². The minimum atomic E-state index is -0.162. The molecule has 0 bridgehead atoms. The van der Waals surface area contributed by atoms with Crippen molar-refractivity contribution in [1.29, 1.82) is 0 Å². The molecule has 0 aliphatic heterocycles. The summed E-state index contributed by atoms with van der Waals surface area (Å²) in [6.45, 7) is 0.672. The van der Waals surface area contributed by atoms with E-state index in [4.69, 9.17) is 0 Å². The van der Waals surface area contributed by atoms with Crippen molar-refractivity contribution in [2.45, 2.75) is 12.5 Å². The van der Waals surface area contributed by atoms with Crippen molar-refractivity contribution in [3.05, 3.63) is 52.5 Å². The second-order valence-corrected chi connectivity index (χ2v) is 5.06. The van der Waals surface area contributed by atoms with E-state index in [2.05, 4.69) is 15.6 Å². The molecule has 0 radical (unpaired) electrons. The van der Waals surface area contributed by atoms with Crippen LogP contribution in [0.1, 0.15) is 23.0 Å². The lowest BCUT2D eigenvalue weighted by Gasteiger charge is -2.17. The van der Waals surface area contributed by atoms with E-state index in [9.17, 15) is 4.79 Å². The highest BCUT2D eigenvalue weighted by Crippen LogP contribution is 2.23. The molecule has 2 aromatic rings. The monoisotopic (exact) mass is 311 g/mol. The zero-order valence-electron chi connectivity index (χ0n) is 11.2. The highest BCUT2D eigenvalue weighted by Gasteiger charge is 2.18. The molecule has 108 valence electrons. The van der Waals surface area contributed by atoms with Crippen molar-refractivity contribution in [1.82, 2.24) is 15.6 Å². The van der Waals surface area contributed by atoms with Gasteiger partial charge in [-0.2, -0.15) is 0 Å². The molecule has 20 heavy (non-hydrogen) atoms. The molecule has 4 nitrogen and oxygen atoms in total. The Morgan fingerprint density at radius 2 is 2.10 bits per heavy atom. The Hall–Kier alpha value is -1.43. The van der Waals surface area contributed by atoms with Crippen molar-refractivity contribution in [2.75, 3.05) is 13.6 Å². The Balaban J connectivity index is 0.00000200. The van der Waals surface area contributed by atoms with Crippen molar-refractivity contribution in [3.8, 4) is 0 Å². The van der Waals surface area contributed by atoms with Crippen LogP contribution in [0.5, 0.6) is 0 Å². The van der Waals surface area contributed by atoms with Gasteiger partial charge in [-0.15, -0.1) is 23.7 Å². The molecule has 2 N–H and O–H groups in total. The molecule has 1 amide bonds. The van der Waals surface area contributed by atoms with Crippen LogP contribution in [-0.2, 0) is 4.79 Å². The predicted molar refractivity (Wildman–Crippen MR) is 84.3 cm³/mol. The Morgan fingerprint density at radius 1 is 1.35 bits per heavy atom. The molecule has 0 spiro atoms. The number of hydrogen-bond donors (Lipinski definition) is 2. The summed E-state index contributed by atoms with van der Waals surface area (Å²) in [6, 6.07) is 9.75. The SMILES string of the molecule is CNCCC(=O)NC(c1ccccc1)c1nccs1.Cl. The van der Waals surface area contributed by atoms with E-state index < -0.39 is 0 Å². The van der Waals surface area contributed by atoms with Gasteiger partial charge in [0.25, 0.3) is 0 Å². The van der Waals surface area contributed by atoms with Crippen molar-refractivity contribution < 1.29 is 4.79 Å². The molecule has 0 aliphatic rings. The molecule has 1 aromatic carbocycles. The number of benzene rings is 1. The lowest BCUT2D eigenvalue weighted by Crippen LogP contribution is -2.31. The smallest absolute Gasteiger partial charge is 0.222 e. The Bertz CT molecular complexity index is 504. The van der Waals surface area contributed by atoms with Gasteiger partial charge < -0.3 is 10.6 Å². The van der Waals surface area contributed by atoms with Gasteiger partial charge in [-0.3, -0.25) is 4.79 Å². The number of nitrogens with one attached hydrogen (secondary N) is 2. The minimum Gasteiger partial charge on any atom is -0.343 e. The number of aromatic nitrogens is 1. The molecule has 0 saturated heterocycles. The number of hydrogen-bond acceptors (Lipinski definition) is 4. The number of thiazole rings is 1. The van der Waals surface area contributed by atoms with Gasteiger partial charge >= 0.3 is 0 Å². The fourth-order valence-corrected chi connectivity index (χ4v) is 2.50. The summed E-state index contributed by atoms with van der Waals surface area (Å²) in [4.78, 5) is 16.2. The minimum absolute atomic E-state index is 0. The molecule has 1 unspecified atom stereocenters. The summed E-state index contributed by atoms with van der Waals surface area (Å²) in [5.74, 6) is 0.0263. The van der Waals surface area contributed by atoms with Crippen LogP contribution in [0.15, 0.2) is 41.9 Å². The van der Waals surface area contributed by atoms with Crippen LogP contribution in [0, 0.1) is 0 Å². The average molecular weight is 312 g/mol. The normalized spacial score (nSPS) is 11.4. The molecular formula is C14H18ClN3OS. The van der Waals surface area contributed by atoms with Crippen LogP contribution in [0.3, 0.4) is 0 Å². The zero-order chi connectivity index (χ0) is 13.5. The largest absolute Gasteiger partial charge is 0.343 e. The first-order valence-electron chi connectivity index (χ1n) is 6.19. The van der Waals surface area contributed by atoms with E-state index >= 15 is 0 Å². The number of rotatable bonds is 6. The first kappa shape index (κ1) is 16.6. The van der Waals surface area contributed by atoms with Crippen LogP contribution in [0.2, 0.25) is 0 Å². The second-order valence-electron chi connectivity index (χ2n) is 4.14. The number of amides is 1. The number of carbonyl (C=O) groups is 1. The van der Waals surface area contributed by atoms with E-state index in [0.29, 0.717) is 13.0 Å². The maximum absolute atomic E-state index is 11.9. The molecule has 0 aliphatic carbocycles. The molecule has 1 heterocycles. The first-order valence-corrected chi connectivity index (χ1v) is 7.07. The molecule has 1 atom stereocenters. The number of nitrogens with zero attached hydrogens (tertiary/aromatic N) is 1. The summed E-state index contributed by atoms with van der Waals surface area (Å²) < 4.78 is 0. The Kier molecular flexibility index (Phi) is 7.22. The molecular weight excluding hydrogens is 294 g/mol. The van der Waals surface area contributed by atoms with Gasteiger partial charge in [-0.1, -0.05) is 30.3 Å². The predicted octanol–water partition coefficient (Wildman–Crippen LogP) is 2.38. The molecule has 6 heteroatoms. The summed E-state index contributed by atoms with van der Waals surface area (Å²) in [7, 11) is 1.84. The van der Waals surface area contributed by atoms with E-state index in [-0.39, 0.29) is 24.4 Å². The van der Waals surface area contributed by atoms with Crippen LogP contribution in [0.4, 0.5) is 0 Å². The van der Waals surface area contributed by atoms with Crippen molar-refractivity contribution in [3.63, 3.8) is 0 Å². The van der Waals surface area contributed by atoms with E-state index in [0.717, 1.165) is 10.6 Å². The van der Waals surface area contributed by atoms with Crippen molar-refractivity contribution in [2.24, 2.45) is 0 Å². The maximum Gasteiger partial charge on any atom is 0.222 e. The Labute approximate surface area is 129 Å². The fourth-order valence-electron chi connectivity index (χ4n) is 1.78. The summed E-state index contributed by atoms with van der Waals surface area (Å²) in [6.07, 6.45) is 2.22. The second kappa shape index (κ2) is 8.68. The van der Waals surface area contributed by atoms with E-state index in [1.165, 1.54) is 0 Å². The van der Waals surface area contributed by atoms with E-state index in [1.54, 1.807) is 17.5 Å². The third-order valence-electron chi connectivity index (χ3n) is 2.74. The molecule has 0 fully saturated rings. The standard InChI is InChI=1S/C14H17N3OS.ClH/c1-15-8-7-12(18)17-13(14-16-9-10-19-14)11-5-3-2-4-6-11;/h2-6,9-10,13,15H,7-8H2,1H3,(H,17,18);1H. The van der Waals surface area contributed by atoms with Gasteiger partial charge in [0, 0.05) is 24.5 Å².